The van der Waals surface area contributed by atoms with Crippen molar-refractivity contribution in [2.45, 2.75) is 14.7 Å². The number of hydrogen-bond donors (Lipinski definition) is 1. The molecule has 0 fully saturated rings. The fourth-order valence-electron chi connectivity index (χ4n) is 2.05. The van der Waals surface area contributed by atoms with E-state index in [1.165, 1.54) is 20.9 Å². The fraction of sp³-hybridized carbons (Fsp3) is 0. The van der Waals surface area contributed by atoms with Gasteiger partial charge in [0, 0.05) is 14.7 Å². The van der Waals surface area contributed by atoms with Crippen LogP contribution in [0.1, 0.15) is 0 Å². The first-order valence-electron chi connectivity index (χ1n) is 6.44. The molecule has 0 unspecified atom stereocenters. The monoisotopic (exact) mass is 294 g/mol. The molecule has 0 aliphatic rings. The molecule has 0 saturated heterocycles. The Hall–Kier alpha value is -1.64. The van der Waals surface area contributed by atoms with Gasteiger partial charge in [-0.3, -0.25) is 0 Å². The summed E-state index contributed by atoms with van der Waals surface area (Å²) in [6.45, 7) is 0. The van der Waals surface area contributed by atoms with Crippen molar-refractivity contribution < 1.29 is 0 Å². The first-order chi connectivity index (χ1) is 9.83. The lowest BCUT2D eigenvalue weighted by molar-refractivity contribution is 1.34. The quantitative estimate of drug-likeness (QED) is 0.596. The topological polar surface area (TPSA) is 0 Å². The third kappa shape index (κ3) is 3.09. The lowest BCUT2D eigenvalue weighted by atomic mass is 10.1. The fourth-order valence-corrected chi connectivity index (χ4v) is 3.20. The van der Waals surface area contributed by atoms with E-state index in [0.29, 0.717) is 0 Å². The predicted molar refractivity (Wildman–Crippen MR) is 89.7 cm³/mol. The van der Waals surface area contributed by atoms with Gasteiger partial charge in [-0.25, -0.2) is 0 Å². The van der Waals surface area contributed by atoms with Gasteiger partial charge < -0.3 is 0 Å². The number of thiol groups is 1. The van der Waals surface area contributed by atoms with E-state index in [4.69, 9.17) is 0 Å². The van der Waals surface area contributed by atoms with Gasteiger partial charge in [-0.2, -0.15) is 0 Å². The van der Waals surface area contributed by atoms with E-state index in [0.717, 1.165) is 4.90 Å². The van der Waals surface area contributed by atoms with Crippen LogP contribution in [0.25, 0.3) is 11.1 Å². The zero-order valence-electron chi connectivity index (χ0n) is 10.9. The van der Waals surface area contributed by atoms with Crippen LogP contribution in [0.4, 0.5) is 0 Å². The first kappa shape index (κ1) is 13.3. The second-order valence-corrected chi connectivity index (χ2v) is 6.09. The molecule has 0 aromatic heterocycles. The maximum absolute atomic E-state index is 4.57. The van der Waals surface area contributed by atoms with Crippen LogP contribution in [0, 0.1) is 0 Å². The lowest BCUT2D eigenvalue weighted by Gasteiger charge is -2.08. The molecule has 0 aliphatic heterocycles. The minimum atomic E-state index is 1.01. The van der Waals surface area contributed by atoms with Crippen LogP contribution in [0.3, 0.4) is 0 Å². The Morgan fingerprint density at radius 1 is 0.650 bits per heavy atom. The van der Waals surface area contributed by atoms with Crippen molar-refractivity contribution in [1.82, 2.24) is 0 Å². The van der Waals surface area contributed by atoms with Crippen LogP contribution < -0.4 is 0 Å². The molecule has 0 amide bonds. The molecule has 3 aromatic carbocycles. The molecule has 0 spiro atoms. The molecule has 0 radical (unpaired) electrons. The van der Waals surface area contributed by atoms with Gasteiger partial charge in [-0.05, 0) is 41.5 Å². The molecule has 0 atom stereocenters. The average molecular weight is 294 g/mol. The van der Waals surface area contributed by atoms with Crippen molar-refractivity contribution in [3.8, 4) is 11.1 Å². The predicted octanol–water partition coefficient (Wildman–Crippen LogP) is 5.79. The van der Waals surface area contributed by atoms with Gasteiger partial charge in [-0.1, -0.05) is 60.3 Å². The summed E-state index contributed by atoms with van der Waals surface area (Å²) >= 11 is 6.34. The van der Waals surface area contributed by atoms with Crippen LogP contribution in [-0.4, -0.2) is 0 Å². The van der Waals surface area contributed by atoms with E-state index < -0.39 is 0 Å². The second-order valence-electron chi connectivity index (χ2n) is 4.46. The maximum atomic E-state index is 4.57. The molecule has 3 aromatic rings. The van der Waals surface area contributed by atoms with E-state index in [1.54, 1.807) is 11.8 Å². The van der Waals surface area contributed by atoms with Gasteiger partial charge in [0.1, 0.15) is 0 Å². The zero-order chi connectivity index (χ0) is 13.8. The van der Waals surface area contributed by atoms with Gasteiger partial charge in [0.15, 0.2) is 0 Å². The summed E-state index contributed by atoms with van der Waals surface area (Å²) in [4.78, 5) is 3.49. The summed E-state index contributed by atoms with van der Waals surface area (Å²) in [5, 5.41) is 0. The minimum Gasteiger partial charge on any atom is -0.143 e. The molecule has 20 heavy (non-hydrogen) atoms. The van der Waals surface area contributed by atoms with Gasteiger partial charge in [-0.15, -0.1) is 12.6 Å². The van der Waals surface area contributed by atoms with E-state index in [9.17, 15) is 0 Å². The standard InChI is InChI=1S/C18H14S2/c19-18-12-11-16(20-15-9-5-2-6-10-15)13-17(18)14-7-3-1-4-8-14/h1-13,19H. The van der Waals surface area contributed by atoms with Crippen LogP contribution in [0.5, 0.6) is 0 Å². The Bertz CT molecular complexity index is 691. The van der Waals surface area contributed by atoms with Crippen molar-refractivity contribution in [1.29, 1.82) is 0 Å². The normalized spacial score (nSPS) is 10.4. The van der Waals surface area contributed by atoms with Gasteiger partial charge in [0.25, 0.3) is 0 Å². The minimum absolute atomic E-state index is 1.01. The highest BCUT2D eigenvalue weighted by Gasteiger charge is 2.05. The third-order valence-corrected chi connectivity index (χ3v) is 4.42. The molecular formula is C18H14S2. The Kier molecular flexibility index (Phi) is 4.14. The Morgan fingerprint density at radius 2 is 1.30 bits per heavy atom. The Balaban J connectivity index is 1.95. The SMILES string of the molecule is Sc1ccc(Sc2ccccc2)cc1-c1ccccc1. The Labute approximate surface area is 129 Å². The van der Waals surface area contributed by atoms with E-state index in [2.05, 4.69) is 79.4 Å². The van der Waals surface area contributed by atoms with Gasteiger partial charge >= 0.3 is 0 Å². The molecule has 3 rings (SSSR count). The van der Waals surface area contributed by atoms with Gasteiger partial charge in [0.05, 0.1) is 0 Å². The summed E-state index contributed by atoms with van der Waals surface area (Å²) in [7, 11) is 0. The number of benzene rings is 3. The molecule has 0 saturated carbocycles. The van der Waals surface area contributed by atoms with Crippen LogP contribution >= 0.6 is 24.4 Å². The van der Waals surface area contributed by atoms with Gasteiger partial charge in [0.2, 0.25) is 0 Å². The molecule has 0 nitrogen and oxygen atoms in total. The summed E-state index contributed by atoms with van der Waals surface area (Å²) < 4.78 is 0. The van der Waals surface area contributed by atoms with Crippen LogP contribution in [0.2, 0.25) is 0 Å². The van der Waals surface area contributed by atoms with Crippen LogP contribution in [-0.2, 0) is 0 Å². The number of hydrogen-bond acceptors (Lipinski definition) is 2. The summed E-state index contributed by atoms with van der Waals surface area (Å²) in [5.74, 6) is 0. The smallest absolute Gasteiger partial charge is 0.0129 e. The van der Waals surface area contributed by atoms with Crippen molar-refractivity contribution in [2.24, 2.45) is 0 Å². The van der Waals surface area contributed by atoms with E-state index >= 15 is 0 Å². The summed E-state index contributed by atoms with van der Waals surface area (Å²) in [6, 6.07) is 27.2. The molecule has 2 heteroatoms. The molecule has 0 bridgehead atoms. The average Bonchev–Trinajstić information content (AvgIpc) is 2.51. The molecule has 98 valence electrons. The van der Waals surface area contributed by atoms with Crippen molar-refractivity contribution in [3.05, 3.63) is 78.9 Å². The molecule has 0 heterocycles. The largest absolute Gasteiger partial charge is 0.143 e. The van der Waals surface area contributed by atoms with E-state index in [-0.39, 0.29) is 0 Å². The lowest BCUT2D eigenvalue weighted by Crippen LogP contribution is -1.82. The van der Waals surface area contributed by atoms with Crippen LogP contribution in [0.15, 0.2) is 93.5 Å². The summed E-state index contributed by atoms with van der Waals surface area (Å²) in [6.07, 6.45) is 0. The second kappa shape index (κ2) is 6.21. The van der Waals surface area contributed by atoms with Crippen molar-refractivity contribution in [2.75, 3.05) is 0 Å². The zero-order valence-corrected chi connectivity index (χ0v) is 12.6. The van der Waals surface area contributed by atoms with Crippen molar-refractivity contribution in [3.63, 3.8) is 0 Å². The maximum Gasteiger partial charge on any atom is 0.0129 e. The highest BCUT2D eigenvalue weighted by atomic mass is 32.2. The summed E-state index contributed by atoms with van der Waals surface area (Å²) in [5.41, 5.74) is 2.38. The molecular weight excluding hydrogens is 280 g/mol. The third-order valence-electron chi connectivity index (χ3n) is 3.03. The Morgan fingerprint density at radius 3 is 2.00 bits per heavy atom. The van der Waals surface area contributed by atoms with Crippen molar-refractivity contribution >= 4 is 24.4 Å². The molecule has 0 N–H and O–H groups in total. The highest BCUT2D eigenvalue weighted by Crippen LogP contribution is 2.34. The first-order valence-corrected chi connectivity index (χ1v) is 7.70. The van der Waals surface area contributed by atoms with E-state index in [1.807, 2.05) is 12.1 Å². The molecule has 0 aliphatic carbocycles. The highest BCUT2D eigenvalue weighted by molar-refractivity contribution is 7.99. The number of rotatable bonds is 3.